The number of anilines is 1. The van der Waals surface area contributed by atoms with Crippen molar-refractivity contribution < 1.29 is 9.53 Å². The fourth-order valence-corrected chi connectivity index (χ4v) is 3.45. The fraction of sp³-hybridized carbons (Fsp3) is 0.154. The molecule has 4 rings (SSSR count). The van der Waals surface area contributed by atoms with Gasteiger partial charge < -0.3 is 9.64 Å². The molecule has 3 aromatic rings. The summed E-state index contributed by atoms with van der Waals surface area (Å²) < 4.78 is 5.27. The van der Waals surface area contributed by atoms with E-state index in [9.17, 15) is 4.79 Å². The van der Waals surface area contributed by atoms with E-state index in [2.05, 4.69) is 0 Å². The van der Waals surface area contributed by atoms with E-state index in [1.807, 2.05) is 104 Å². The molecule has 0 saturated heterocycles. The number of carbonyl (C=O) groups excluding carboxylic acids is 1. The highest BCUT2D eigenvalue weighted by atomic mass is 16.5. The summed E-state index contributed by atoms with van der Waals surface area (Å²) in [5.41, 5.74) is 5.22. The van der Waals surface area contributed by atoms with Crippen LogP contribution < -0.4 is 9.64 Å². The Kier molecular flexibility index (Phi) is 5.85. The Labute approximate surface area is 182 Å². The van der Waals surface area contributed by atoms with E-state index in [4.69, 9.17) is 9.84 Å². The molecule has 0 saturated carbocycles. The van der Waals surface area contributed by atoms with Crippen LogP contribution in [0.1, 0.15) is 16.7 Å². The van der Waals surface area contributed by atoms with Gasteiger partial charge in [0.05, 0.1) is 19.2 Å². The van der Waals surface area contributed by atoms with Crippen molar-refractivity contribution in [2.24, 2.45) is 5.10 Å². The first-order valence-corrected chi connectivity index (χ1v) is 10.1. The molecule has 1 heterocycles. The van der Waals surface area contributed by atoms with Gasteiger partial charge in [0.15, 0.2) is 0 Å². The van der Waals surface area contributed by atoms with E-state index in [-0.39, 0.29) is 5.91 Å². The molecule has 0 unspecified atom stereocenters. The highest BCUT2D eigenvalue weighted by Crippen LogP contribution is 2.26. The Hall–Kier alpha value is -3.86. The van der Waals surface area contributed by atoms with Gasteiger partial charge in [0.1, 0.15) is 11.5 Å². The molecule has 0 aliphatic carbocycles. The van der Waals surface area contributed by atoms with Crippen molar-refractivity contribution in [1.29, 1.82) is 0 Å². The average molecular weight is 412 g/mol. The van der Waals surface area contributed by atoms with Crippen LogP contribution in [-0.2, 0) is 11.3 Å². The molecule has 1 aliphatic rings. The second-order valence-corrected chi connectivity index (χ2v) is 7.57. The molecule has 0 spiro atoms. The number of benzene rings is 3. The number of hydrazone groups is 1. The molecule has 31 heavy (non-hydrogen) atoms. The molecule has 0 fully saturated rings. The molecule has 3 aromatic carbocycles. The van der Waals surface area contributed by atoms with Crippen LogP contribution >= 0.6 is 0 Å². The van der Waals surface area contributed by atoms with Crippen LogP contribution in [-0.4, -0.2) is 37.8 Å². The first-order valence-electron chi connectivity index (χ1n) is 10.1. The van der Waals surface area contributed by atoms with Gasteiger partial charge in [-0.25, -0.2) is 5.01 Å². The first kappa shape index (κ1) is 20.4. The highest BCUT2D eigenvalue weighted by molar-refractivity contribution is 6.33. The number of methoxy groups -OCH3 is 1. The van der Waals surface area contributed by atoms with Gasteiger partial charge in [0, 0.05) is 25.3 Å². The smallest absolute Gasteiger partial charge is 0.276 e. The quantitative estimate of drug-likeness (QED) is 0.557. The number of hydrogen-bond donors (Lipinski definition) is 0. The Morgan fingerprint density at radius 3 is 2.23 bits per heavy atom. The second kappa shape index (κ2) is 8.88. The summed E-state index contributed by atoms with van der Waals surface area (Å²) in [4.78, 5) is 15.4. The van der Waals surface area contributed by atoms with Crippen molar-refractivity contribution in [2.45, 2.75) is 6.54 Å². The van der Waals surface area contributed by atoms with Crippen LogP contribution in [0.2, 0.25) is 0 Å². The molecular formula is C26H25N3O2. The molecule has 0 N–H and O–H groups in total. The number of ether oxygens (including phenoxy) is 1. The van der Waals surface area contributed by atoms with Gasteiger partial charge >= 0.3 is 0 Å². The lowest BCUT2D eigenvalue weighted by molar-refractivity contribution is -0.126. The molecule has 5 nitrogen and oxygen atoms in total. The maximum absolute atomic E-state index is 13.3. The van der Waals surface area contributed by atoms with Crippen molar-refractivity contribution in [2.75, 3.05) is 26.1 Å². The molecule has 1 amide bonds. The lowest BCUT2D eigenvalue weighted by Crippen LogP contribution is -2.21. The van der Waals surface area contributed by atoms with Gasteiger partial charge in [-0.3, -0.25) is 4.79 Å². The zero-order chi connectivity index (χ0) is 21.8. The zero-order valence-corrected chi connectivity index (χ0v) is 17.9. The molecule has 0 bridgehead atoms. The maximum Gasteiger partial charge on any atom is 0.276 e. The Bertz CT molecular complexity index is 1120. The predicted octanol–water partition coefficient (Wildman–Crippen LogP) is 4.59. The summed E-state index contributed by atoms with van der Waals surface area (Å²) in [7, 11) is 5.64. The summed E-state index contributed by atoms with van der Waals surface area (Å²) in [6.45, 7) is 0.427. The number of hydrogen-bond acceptors (Lipinski definition) is 4. The van der Waals surface area contributed by atoms with Gasteiger partial charge in [0.2, 0.25) is 0 Å². The molecule has 0 atom stereocenters. The van der Waals surface area contributed by atoms with Crippen LogP contribution in [0, 0.1) is 0 Å². The van der Waals surface area contributed by atoms with Crippen LogP contribution in [0.3, 0.4) is 0 Å². The minimum atomic E-state index is -0.105. The summed E-state index contributed by atoms with van der Waals surface area (Å²) in [6, 6.07) is 25.6. The van der Waals surface area contributed by atoms with E-state index in [0.717, 1.165) is 28.1 Å². The molecule has 5 heteroatoms. The number of rotatable bonds is 6. The van der Waals surface area contributed by atoms with Crippen LogP contribution in [0.15, 0.2) is 89.5 Å². The number of nitrogens with zero attached hydrogens (tertiary/aromatic N) is 3. The van der Waals surface area contributed by atoms with Gasteiger partial charge in [-0.05, 0) is 53.6 Å². The van der Waals surface area contributed by atoms with E-state index in [0.29, 0.717) is 17.8 Å². The minimum absolute atomic E-state index is 0.105. The zero-order valence-electron chi connectivity index (χ0n) is 17.9. The SMILES string of the molecule is COc1ccc(C2=NN(Cc3ccccc3)C(=O)/C2=C\c2ccc(N(C)C)cc2)cc1. The topological polar surface area (TPSA) is 45.1 Å². The van der Waals surface area contributed by atoms with Crippen LogP contribution in [0.5, 0.6) is 5.75 Å². The number of carbonyl (C=O) groups is 1. The average Bonchev–Trinajstić information content (AvgIpc) is 3.10. The van der Waals surface area contributed by atoms with E-state index in [1.165, 1.54) is 5.01 Å². The molecular weight excluding hydrogens is 386 g/mol. The third-order valence-corrected chi connectivity index (χ3v) is 5.20. The lowest BCUT2D eigenvalue weighted by Gasteiger charge is -2.12. The summed E-state index contributed by atoms with van der Waals surface area (Å²) in [6.07, 6.45) is 1.91. The highest BCUT2D eigenvalue weighted by Gasteiger charge is 2.31. The minimum Gasteiger partial charge on any atom is -0.497 e. The van der Waals surface area contributed by atoms with E-state index in [1.54, 1.807) is 7.11 Å². The van der Waals surface area contributed by atoms with Crippen LogP contribution in [0.25, 0.3) is 6.08 Å². The van der Waals surface area contributed by atoms with Crippen molar-refractivity contribution in [3.05, 3.63) is 101 Å². The largest absolute Gasteiger partial charge is 0.497 e. The van der Waals surface area contributed by atoms with E-state index >= 15 is 0 Å². The third kappa shape index (κ3) is 4.51. The summed E-state index contributed by atoms with van der Waals surface area (Å²) >= 11 is 0. The second-order valence-electron chi connectivity index (χ2n) is 7.57. The van der Waals surface area contributed by atoms with Crippen molar-refractivity contribution in [3.63, 3.8) is 0 Å². The van der Waals surface area contributed by atoms with Crippen LogP contribution in [0.4, 0.5) is 5.69 Å². The number of amides is 1. The Balaban J connectivity index is 1.71. The first-order chi connectivity index (χ1) is 15.0. The summed E-state index contributed by atoms with van der Waals surface area (Å²) in [5.74, 6) is 0.658. The van der Waals surface area contributed by atoms with E-state index < -0.39 is 0 Å². The van der Waals surface area contributed by atoms with Gasteiger partial charge in [-0.15, -0.1) is 0 Å². The molecule has 1 aliphatic heterocycles. The Morgan fingerprint density at radius 1 is 0.935 bits per heavy atom. The fourth-order valence-electron chi connectivity index (χ4n) is 3.45. The maximum atomic E-state index is 13.3. The third-order valence-electron chi connectivity index (χ3n) is 5.20. The van der Waals surface area contributed by atoms with Crippen molar-refractivity contribution in [3.8, 4) is 5.75 Å². The predicted molar refractivity (Wildman–Crippen MR) is 125 cm³/mol. The molecule has 0 radical (unpaired) electrons. The van der Waals surface area contributed by atoms with Gasteiger partial charge in [-0.1, -0.05) is 42.5 Å². The monoisotopic (exact) mass is 411 g/mol. The lowest BCUT2D eigenvalue weighted by atomic mass is 10.00. The van der Waals surface area contributed by atoms with Crippen molar-refractivity contribution >= 4 is 23.4 Å². The van der Waals surface area contributed by atoms with Crippen molar-refractivity contribution in [1.82, 2.24) is 5.01 Å². The molecule has 156 valence electrons. The Morgan fingerprint density at radius 2 is 1.61 bits per heavy atom. The summed E-state index contributed by atoms with van der Waals surface area (Å²) in [5, 5.41) is 6.23. The van der Waals surface area contributed by atoms with Gasteiger partial charge in [0.25, 0.3) is 5.91 Å². The standard InChI is InChI=1S/C26H25N3O2/c1-28(2)22-13-9-19(10-14-22)17-24-25(21-11-15-23(31-3)16-12-21)27-29(26(24)30)18-20-7-5-4-6-8-20/h4-17H,18H2,1-3H3/b24-17-. The molecule has 0 aromatic heterocycles. The van der Waals surface area contributed by atoms with Gasteiger partial charge in [-0.2, -0.15) is 5.10 Å². The normalized spacial score (nSPS) is 14.7.